The number of fused-ring (bicyclic) bond motifs is 1. The van der Waals surface area contributed by atoms with Gasteiger partial charge < -0.3 is 9.73 Å². The molecule has 1 aromatic carbocycles. The highest BCUT2D eigenvalue weighted by Gasteiger charge is 2.23. The number of nitrogens with one attached hydrogen (secondary N) is 1. The number of halogens is 1. The Morgan fingerprint density at radius 1 is 1.37 bits per heavy atom. The summed E-state index contributed by atoms with van der Waals surface area (Å²) < 4.78 is 5.13. The molecule has 1 aromatic heterocycles. The van der Waals surface area contributed by atoms with Crippen LogP contribution < -0.4 is 5.32 Å². The smallest absolute Gasteiger partial charge is 0.228 e. The summed E-state index contributed by atoms with van der Waals surface area (Å²) in [6.45, 7) is 1.77. The van der Waals surface area contributed by atoms with Crippen molar-refractivity contribution in [3.8, 4) is 0 Å². The van der Waals surface area contributed by atoms with E-state index in [1.165, 1.54) is 6.26 Å². The van der Waals surface area contributed by atoms with Crippen LogP contribution in [0, 0.1) is 6.92 Å². The van der Waals surface area contributed by atoms with Crippen molar-refractivity contribution < 1.29 is 14.0 Å². The minimum atomic E-state index is -0.205. The maximum atomic E-state index is 12.3. The van der Waals surface area contributed by atoms with E-state index in [0.29, 0.717) is 27.6 Å². The minimum absolute atomic E-state index is 0.0881. The quantitative estimate of drug-likeness (QED) is 0.857. The lowest BCUT2D eigenvalue weighted by atomic mass is 10.0. The molecule has 0 spiro atoms. The highest BCUT2D eigenvalue weighted by atomic mass is 35.5. The van der Waals surface area contributed by atoms with Gasteiger partial charge in [0.1, 0.15) is 12.0 Å². The average molecular weight is 276 g/mol. The normalized spacial score (nSPS) is 13.3. The van der Waals surface area contributed by atoms with Gasteiger partial charge in [0, 0.05) is 11.3 Å². The molecule has 0 atom stereocenters. The molecular weight excluding hydrogens is 266 g/mol. The molecule has 0 saturated carbocycles. The van der Waals surface area contributed by atoms with Gasteiger partial charge in [0.2, 0.25) is 5.91 Å². The van der Waals surface area contributed by atoms with Gasteiger partial charge in [-0.25, -0.2) is 0 Å². The van der Waals surface area contributed by atoms with Crippen molar-refractivity contribution in [1.29, 1.82) is 0 Å². The Balaban J connectivity index is 2.04. The molecule has 0 bridgehead atoms. The molecule has 0 fully saturated rings. The predicted molar refractivity (Wildman–Crippen MR) is 70.7 cm³/mol. The molecule has 1 aliphatic rings. The summed E-state index contributed by atoms with van der Waals surface area (Å²) in [5.74, 6) is 0.372. The van der Waals surface area contributed by atoms with Crippen molar-refractivity contribution in [3.05, 3.63) is 51.9 Å². The zero-order valence-electron chi connectivity index (χ0n) is 10.1. The SMILES string of the molecule is Cc1cc(C(=O)c2cc3c(cc2Cl)NC(=O)C3)co1. The van der Waals surface area contributed by atoms with Crippen LogP contribution in [0.15, 0.2) is 28.9 Å². The molecule has 96 valence electrons. The molecule has 3 rings (SSSR count). The number of benzene rings is 1. The van der Waals surface area contributed by atoms with Crippen LogP contribution in [0.25, 0.3) is 0 Å². The van der Waals surface area contributed by atoms with E-state index < -0.39 is 0 Å². The summed E-state index contributed by atoms with van der Waals surface area (Å²) >= 11 is 6.10. The third-order valence-electron chi connectivity index (χ3n) is 3.06. The van der Waals surface area contributed by atoms with E-state index in [-0.39, 0.29) is 18.1 Å². The molecule has 1 aliphatic heterocycles. The molecular formula is C14H10ClNO3. The molecule has 5 heteroatoms. The zero-order chi connectivity index (χ0) is 13.6. The van der Waals surface area contributed by atoms with Gasteiger partial charge >= 0.3 is 0 Å². The van der Waals surface area contributed by atoms with Gasteiger partial charge in [-0.3, -0.25) is 9.59 Å². The Labute approximate surface area is 114 Å². The second-order valence-electron chi connectivity index (χ2n) is 4.49. The van der Waals surface area contributed by atoms with Crippen LogP contribution in [0.3, 0.4) is 0 Å². The summed E-state index contributed by atoms with van der Waals surface area (Å²) in [7, 11) is 0. The van der Waals surface area contributed by atoms with Crippen molar-refractivity contribution >= 4 is 29.0 Å². The van der Waals surface area contributed by atoms with E-state index in [9.17, 15) is 9.59 Å². The van der Waals surface area contributed by atoms with Crippen LogP contribution in [0.5, 0.6) is 0 Å². The van der Waals surface area contributed by atoms with E-state index in [1.54, 1.807) is 25.1 Å². The monoisotopic (exact) mass is 275 g/mol. The number of ketones is 1. The van der Waals surface area contributed by atoms with E-state index in [1.807, 2.05) is 0 Å². The first kappa shape index (κ1) is 12.0. The molecule has 4 nitrogen and oxygen atoms in total. The summed E-state index contributed by atoms with van der Waals surface area (Å²) in [6.07, 6.45) is 1.68. The van der Waals surface area contributed by atoms with Gasteiger partial charge in [-0.2, -0.15) is 0 Å². The lowest BCUT2D eigenvalue weighted by molar-refractivity contribution is -0.115. The van der Waals surface area contributed by atoms with Crippen LogP contribution in [0.4, 0.5) is 5.69 Å². The second kappa shape index (κ2) is 4.24. The van der Waals surface area contributed by atoms with E-state index in [0.717, 1.165) is 5.56 Å². The molecule has 0 unspecified atom stereocenters. The first-order valence-corrected chi connectivity index (χ1v) is 6.14. The van der Waals surface area contributed by atoms with Crippen LogP contribution in [0.1, 0.15) is 27.2 Å². The van der Waals surface area contributed by atoms with Crippen molar-refractivity contribution in [3.63, 3.8) is 0 Å². The van der Waals surface area contributed by atoms with Crippen LogP contribution >= 0.6 is 11.6 Å². The maximum Gasteiger partial charge on any atom is 0.228 e. The Morgan fingerprint density at radius 3 is 2.84 bits per heavy atom. The number of anilines is 1. The third-order valence-corrected chi connectivity index (χ3v) is 3.37. The van der Waals surface area contributed by atoms with Crippen LogP contribution in [0.2, 0.25) is 5.02 Å². The van der Waals surface area contributed by atoms with Crippen molar-refractivity contribution in [2.24, 2.45) is 0 Å². The number of hydrogen-bond acceptors (Lipinski definition) is 3. The highest BCUT2D eigenvalue weighted by Crippen LogP contribution is 2.31. The molecule has 1 amide bonds. The first-order valence-electron chi connectivity index (χ1n) is 5.76. The topological polar surface area (TPSA) is 59.3 Å². The fourth-order valence-electron chi connectivity index (χ4n) is 2.14. The fraction of sp³-hybridized carbons (Fsp3) is 0.143. The van der Waals surface area contributed by atoms with Crippen molar-refractivity contribution in [1.82, 2.24) is 0 Å². The third kappa shape index (κ3) is 2.04. The largest absolute Gasteiger partial charge is 0.469 e. The zero-order valence-corrected chi connectivity index (χ0v) is 10.9. The first-order chi connectivity index (χ1) is 9.04. The van der Waals surface area contributed by atoms with Crippen LogP contribution in [-0.4, -0.2) is 11.7 Å². The van der Waals surface area contributed by atoms with Crippen molar-refractivity contribution in [2.45, 2.75) is 13.3 Å². The highest BCUT2D eigenvalue weighted by molar-refractivity contribution is 6.35. The fourth-order valence-corrected chi connectivity index (χ4v) is 2.39. The molecule has 19 heavy (non-hydrogen) atoms. The standard InChI is InChI=1S/C14H10ClNO3/c1-7-2-9(6-19-7)14(18)10-3-8-4-13(17)16-12(8)5-11(10)15/h2-3,5-6H,4H2,1H3,(H,16,17). The Hall–Kier alpha value is -2.07. The lowest BCUT2D eigenvalue weighted by Gasteiger charge is -2.05. The summed E-state index contributed by atoms with van der Waals surface area (Å²) in [5.41, 5.74) is 2.31. The average Bonchev–Trinajstić information content (AvgIpc) is 2.92. The van der Waals surface area contributed by atoms with E-state index in [2.05, 4.69) is 5.32 Å². The number of amides is 1. The van der Waals surface area contributed by atoms with Gasteiger partial charge in [0.15, 0.2) is 5.78 Å². The number of rotatable bonds is 2. The lowest BCUT2D eigenvalue weighted by Crippen LogP contribution is -2.03. The Morgan fingerprint density at radius 2 is 2.16 bits per heavy atom. The maximum absolute atomic E-state index is 12.3. The van der Waals surface area contributed by atoms with Gasteiger partial charge in [0.05, 0.1) is 17.0 Å². The van der Waals surface area contributed by atoms with Gasteiger partial charge in [-0.05, 0) is 30.7 Å². The van der Waals surface area contributed by atoms with E-state index >= 15 is 0 Å². The van der Waals surface area contributed by atoms with Gasteiger partial charge in [-0.15, -0.1) is 0 Å². The summed E-state index contributed by atoms with van der Waals surface area (Å²) in [6, 6.07) is 4.94. The second-order valence-corrected chi connectivity index (χ2v) is 4.90. The number of furan rings is 1. The molecule has 0 radical (unpaired) electrons. The predicted octanol–water partition coefficient (Wildman–Crippen LogP) is 2.97. The van der Waals surface area contributed by atoms with Gasteiger partial charge in [-0.1, -0.05) is 11.6 Å². The number of aryl methyl sites for hydroxylation is 1. The number of carbonyl (C=O) groups excluding carboxylic acids is 2. The molecule has 2 heterocycles. The van der Waals surface area contributed by atoms with Crippen molar-refractivity contribution in [2.75, 3.05) is 5.32 Å². The molecule has 2 aromatic rings. The molecule has 1 N–H and O–H groups in total. The summed E-state index contributed by atoms with van der Waals surface area (Å²) in [5, 5.41) is 3.02. The van der Waals surface area contributed by atoms with Gasteiger partial charge in [0.25, 0.3) is 0 Å². The Kier molecular flexibility index (Phi) is 2.68. The summed E-state index contributed by atoms with van der Waals surface area (Å²) in [4.78, 5) is 23.6. The Bertz CT molecular complexity index is 703. The number of carbonyl (C=O) groups is 2. The van der Waals surface area contributed by atoms with Crippen LogP contribution in [-0.2, 0) is 11.2 Å². The number of hydrogen-bond donors (Lipinski definition) is 1. The molecule has 0 aliphatic carbocycles. The molecule has 0 saturated heterocycles. The minimum Gasteiger partial charge on any atom is -0.469 e. The van der Waals surface area contributed by atoms with E-state index in [4.69, 9.17) is 16.0 Å².